The van der Waals surface area contributed by atoms with Gasteiger partial charge in [0.25, 0.3) is 5.91 Å². The van der Waals surface area contributed by atoms with Gasteiger partial charge in [-0.3, -0.25) is 4.79 Å². The minimum absolute atomic E-state index is 0.00870. The number of hydrogen-bond acceptors (Lipinski definition) is 4. The Balaban J connectivity index is 1.96. The lowest BCUT2D eigenvalue weighted by Gasteiger charge is -2.31. The maximum absolute atomic E-state index is 12.8. The first-order chi connectivity index (χ1) is 10.2. The Kier molecular flexibility index (Phi) is 3.75. The van der Waals surface area contributed by atoms with E-state index >= 15 is 0 Å². The topological polar surface area (TPSA) is 68.5 Å². The van der Waals surface area contributed by atoms with E-state index in [0.29, 0.717) is 24.6 Å². The van der Waals surface area contributed by atoms with Crippen molar-refractivity contribution in [2.24, 2.45) is 0 Å². The van der Waals surface area contributed by atoms with Gasteiger partial charge in [-0.05, 0) is 18.2 Å². The molecule has 2 N–H and O–H groups in total. The van der Waals surface area contributed by atoms with Gasteiger partial charge < -0.3 is 15.4 Å². The SMILES string of the molecule is CN(C(=O)c1cnc(N)c2ccccc12)C1CCOCC1. The number of ether oxygens (including phenoxy) is 1. The van der Waals surface area contributed by atoms with Crippen molar-refractivity contribution in [2.45, 2.75) is 18.9 Å². The van der Waals surface area contributed by atoms with E-state index in [1.807, 2.05) is 36.2 Å². The fourth-order valence-electron chi connectivity index (χ4n) is 2.81. The van der Waals surface area contributed by atoms with E-state index in [9.17, 15) is 4.79 Å². The maximum Gasteiger partial charge on any atom is 0.256 e. The number of benzene rings is 1. The van der Waals surface area contributed by atoms with Crippen molar-refractivity contribution in [2.75, 3.05) is 26.0 Å². The van der Waals surface area contributed by atoms with Gasteiger partial charge in [0.1, 0.15) is 5.82 Å². The van der Waals surface area contributed by atoms with Crippen molar-refractivity contribution >= 4 is 22.5 Å². The number of pyridine rings is 1. The van der Waals surface area contributed by atoms with Gasteiger partial charge in [-0.15, -0.1) is 0 Å². The third-order valence-electron chi connectivity index (χ3n) is 4.12. The predicted octanol–water partition coefficient (Wildman–Crippen LogP) is 2.07. The van der Waals surface area contributed by atoms with Crippen molar-refractivity contribution in [3.63, 3.8) is 0 Å². The molecule has 5 nitrogen and oxygen atoms in total. The molecule has 1 aliphatic rings. The number of fused-ring (bicyclic) bond motifs is 1. The summed E-state index contributed by atoms with van der Waals surface area (Å²) in [6, 6.07) is 7.84. The number of nitrogens with zero attached hydrogens (tertiary/aromatic N) is 2. The van der Waals surface area contributed by atoms with E-state index in [1.54, 1.807) is 6.20 Å². The normalized spacial score (nSPS) is 16.0. The van der Waals surface area contributed by atoms with Crippen LogP contribution in [0.5, 0.6) is 0 Å². The number of amides is 1. The van der Waals surface area contributed by atoms with E-state index in [4.69, 9.17) is 10.5 Å². The molecule has 0 radical (unpaired) electrons. The van der Waals surface area contributed by atoms with Gasteiger partial charge in [0.05, 0.1) is 5.56 Å². The Labute approximate surface area is 123 Å². The van der Waals surface area contributed by atoms with Crippen molar-refractivity contribution in [1.82, 2.24) is 9.88 Å². The quantitative estimate of drug-likeness (QED) is 0.917. The van der Waals surface area contributed by atoms with Gasteiger partial charge in [0.15, 0.2) is 0 Å². The fourth-order valence-corrected chi connectivity index (χ4v) is 2.81. The first-order valence-corrected chi connectivity index (χ1v) is 7.16. The molecule has 110 valence electrons. The third-order valence-corrected chi connectivity index (χ3v) is 4.12. The molecule has 1 aromatic carbocycles. The minimum Gasteiger partial charge on any atom is -0.383 e. The summed E-state index contributed by atoms with van der Waals surface area (Å²) in [5.41, 5.74) is 6.50. The molecule has 1 amide bonds. The standard InChI is InChI=1S/C16H19N3O2/c1-19(11-6-8-21-9-7-11)16(20)14-10-18-15(17)13-5-3-2-4-12(13)14/h2-5,10-11H,6-9H2,1H3,(H2,17,18). The Morgan fingerprint density at radius 3 is 2.67 bits per heavy atom. The van der Waals surface area contributed by atoms with Crippen molar-refractivity contribution in [3.8, 4) is 0 Å². The summed E-state index contributed by atoms with van der Waals surface area (Å²) >= 11 is 0. The predicted molar refractivity (Wildman–Crippen MR) is 82.1 cm³/mol. The van der Waals surface area contributed by atoms with Crippen LogP contribution in [-0.4, -0.2) is 42.1 Å². The zero-order chi connectivity index (χ0) is 14.8. The summed E-state index contributed by atoms with van der Waals surface area (Å²) in [6.07, 6.45) is 3.33. The van der Waals surface area contributed by atoms with Gasteiger partial charge in [0, 0.05) is 37.9 Å². The smallest absolute Gasteiger partial charge is 0.256 e. The number of carbonyl (C=O) groups is 1. The first-order valence-electron chi connectivity index (χ1n) is 7.16. The van der Waals surface area contributed by atoms with E-state index < -0.39 is 0 Å². The highest BCUT2D eigenvalue weighted by Gasteiger charge is 2.24. The number of rotatable bonds is 2. The molecule has 1 fully saturated rings. The highest BCUT2D eigenvalue weighted by molar-refractivity contribution is 6.08. The molecule has 0 bridgehead atoms. The average Bonchev–Trinajstić information content (AvgIpc) is 2.55. The van der Waals surface area contributed by atoms with Gasteiger partial charge in [-0.1, -0.05) is 24.3 Å². The van der Waals surface area contributed by atoms with Gasteiger partial charge >= 0.3 is 0 Å². The molecule has 0 aliphatic carbocycles. The molecule has 0 atom stereocenters. The third kappa shape index (κ3) is 2.56. The molecule has 21 heavy (non-hydrogen) atoms. The number of hydrogen-bond donors (Lipinski definition) is 1. The highest BCUT2D eigenvalue weighted by Crippen LogP contribution is 2.24. The first kappa shape index (κ1) is 13.8. The molecule has 1 aromatic heterocycles. The van der Waals surface area contributed by atoms with Crippen LogP contribution in [0.3, 0.4) is 0 Å². The van der Waals surface area contributed by atoms with E-state index in [2.05, 4.69) is 4.98 Å². The molecular formula is C16H19N3O2. The number of carbonyl (C=O) groups excluding carboxylic acids is 1. The average molecular weight is 285 g/mol. The molecular weight excluding hydrogens is 266 g/mol. The van der Waals surface area contributed by atoms with Crippen LogP contribution in [0.1, 0.15) is 23.2 Å². The molecule has 3 rings (SSSR count). The number of nitrogen functional groups attached to an aromatic ring is 1. The van der Waals surface area contributed by atoms with Crippen molar-refractivity contribution in [1.29, 1.82) is 0 Å². The van der Waals surface area contributed by atoms with Crippen LogP contribution >= 0.6 is 0 Å². The second-order valence-electron chi connectivity index (χ2n) is 5.36. The summed E-state index contributed by atoms with van der Waals surface area (Å²) in [5, 5.41) is 1.68. The lowest BCUT2D eigenvalue weighted by molar-refractivity contribution is 0.0363. The lowest BCUT2D eigenvalue weighted by Crippen LogP contribution is -2.40. The largest absolute Gasteiger partial charge is 0.383 e. The molecule has 2 heterocycles. The zero-order valence-corrected chi connectivity index (χ0v) is 12.1. The van der Waals surface area contributed by atoms with Crippen LogP contribution in [0, 0.1) is 0 Å². The van der Waals surface area contributed by atoms with E-state index in [1.165, 1.54) is 0 Å². The summed E-state index contributed by atoms with van der Waals surface area (Å²) in [6.45, 7) is 1.42. The van der Waals surface area contributed by atoms with E-state index in [0.717, 1.165) is 23.6 Å². The molecule has 0 spiro atoms. The van der Waals surface area contributed by atoms with Crippen LogP contribution in [0.15, 0.2) is 30.5 Å². The monoisotopic (exact) mass is 285 g/mol. The summed E-state index contributed by atoms with van der Waals surface area (Å²) < 4.78 is 5.35. The van der Waals surface area contributed by atoms with Crippen LogP contribution in [-0.2, 0) is 4.74 Å². The highest BCUT2D eigenvalue weighted by atomic mass is 16.5. The summed E-state index contributed by atoms with van der Waals surface area (Å²) in [5.74, 6) is 0.446. The van der Waals surface area contributed by atoms with Crippen LogP contribution in [0.4, 0.5) is 5.82 Å². The van der Waals surface area contributed by atoms with E-state index in [-0.39, 0.29) is 11.9 Å². The fraction of sp³-hybridized carbons (Fsp3) is 0.375. The second-order valence-corrected chi connectivity index (χ2v) is 5.36. The maximum atomic E-state index is 12.8. The number of nitrogens with two attached hydrogens (primary N) is 1. The zero-order valence-electron chi connectivity index (χ0n) is 12.1. The molecule has 1 aliphatic heterocycles. The summed E-state index contributed by atoms with van der Waals surface area (Å²) in [4.78, 5) is 18.7. The van der Waals surface area contributed by atoms with Crippen molar-refractivity contribution < 1.29 is 9.53 Å². The van der Waals surface area contributed by atoms with Crippen LogP contribution < -0.4 is 5.73 Å². The Morgan fingerprint density at radius 1 is 1.29 bits per heavy atom. The molecule has 1 saturated heterocycles. The number of aromatic nitrogens is 1. The molecule has 0 unspecified atom stereocenters. The number of anilines is 1. The Morgan fingerprint density at radius 2 is 1.95 bits per heavy atom. The Hall–Kier alpha value is -2.14. The second kappa shape index (κ2) is 5.69. The lowest BCUT2D eigenvalue weighted by atomic mass is 10.0. The van der Waals surface area contributed by atoms with Crippen LogP contribution in [0.2, 0.25) is 0 Å². The Bertz CT molecular complexity index is 666. The molecule has 2 aromatic rings. The molecule has 5 heteroatoms. The molecule has 0 saturated carbocycles. The van der Waals surface area contributed by atoms with Gasteiger partial charge in [-0.25, -0.2) is 4.98 Å². The van der Waals surface area contributed by atoms with Gasteiger partial charge in [0.2, 0.25) is 0 Å². The minimum atomic E-state index is -0.00870. The van der Waals surface area contributed by atoms with Crippen LogP contribution in [0.25, 0.3) is 10.8 Å². The van der Waals surface area contributed by atoms with Gasteiger partial charge in [-0.2, -0.15) is 0 Å². The summed E-state index contributed by atoms with van der Waals surface area (Å²) in [7, 11) is 1.85. The van der Waals surface area contributed by atoms with Crippen molar-refractivity contribution in [3.05, 3.63) is 36.0 Å².